The third-order valence-corrected chi connectivity index (χ3v) is 2.02. The molecule has 68 valence electrons. The Labute approximate surface area is 79.2 Å². The van der Waals surface area contributed by atoms with Crippen molar-refractivity contribution in [2.75, 3.05) is 0 Å². The number of nitrogens with one attached hydrogen (secondary N) is 1. The van der Waals surface area contributed by atoms with Gasteiger partial charge in [-0.05, 0) is 25.3 Å². The summed E-state index contributed by atoms with van der Waals surface area (Å²) in [5.41, 5.74) is 1.33. The van der Waals surface area contributed by atoms with Crippen LogP contribution in [0.5, 0.6) is 0 Å². The first-order valence-corrected chi connectivity index (χ1v) is 4.51. The minimum Gasteiger partial charge on any atom is -0.321 e. The van der Waals surface area contributed by atoms with Crippen molar-refractivity contribution in [3.63, 3.8) is 0 Å². The largest absolute Gasteiger partial charge is 0.321 e. The maximum absolute atomic E-state index is 8.37. The van der Waals surface area contributed by atoms with Gasteiger partial charge in [-0.15, -0.1) is 0 Å². The molecule has 0 aliphatic heterocycles. The zero-order valence-corrected chi connectivity index (χ0v) is 7.83. The van der Waals surface area contributed by atoms with E-state index in [1.54, 1.807) is 0 Å². The Balaban J connectivity index is 2.32. The van der Waals surface area contributed by atoms with E-state index in [-0.39, 0.29) is 6.04 Å². The van der Waals surface area contributed by atoms with E-state index < -0.39 is 0 Å². The van der Waals surface area contributed by atoms with Crippen LogP contribution >= 0.6 is 0 Å². The lowest BCUT2D eigenvalue weighted by molar-refractivity contribution is 0.594. The molecular weight excluding hydrogens is 160 g/mol. The summed E-state index contributed by atoms with van der Waals surface area (Å²) >= 11 is 0. The molecule has 1 atom stereocenters. The summed E-state index contributed by atoms with van der Waals surface area (Å²) < 4.78 is 0. The second-order valence-electron chi connectivity index (χ2n) is 3.18. The fraction of sp³-hybridized carbons (Fsp3) is 0.364. The highest BCUT2D eigenvalue weighted by Crippen LogP contribution is 2.04. The number of rotatable bonds is 4. The van der Waals surface area contributed by atoms with Crippen LogP contribution < -0.4 is 5.32 Å². The van der Waals surface area contributed by atoms with E-state index in [1.165, 1.54) is 5.56 Å². The lowest BCUT2D eigenvalue weighted by Crippen LogP contribution is -2.20. The van der Waals surface area contributed by atoms with Crippen LogP contribution in [-0.4, -0.2) is 6.04 Å². The molecule has 0 heterocycles. The summed E-state index contributed by atoms with van der Waals surface area (Å²) in [4.78, 5) is 0. The van der Waals surface area contributed by atoms with Crippen molar-refractivity contribution in [1.82, 2.24) is 5.32 Å². The molecule has 0 saturated carbocycles. The molecule has 0 amide bonds. The number of hydrogen-bond donors (Lipinski definition) is 1. The van der Waals surface area contributed by atoms with Crippen molar-refractivity contribution in [3.8, 4) is 6.19 Å². The van der Waals surface area contributed by atoms with E-state index in [0.29, 0.717) is 0 Å². The smallest absolute Gasteiger partial charge is 0.176 e. The standard InChI is InChI=1S/C11H14N2/c1-10(13-9-12)7-8-11-5-3-2-4-6-11/h2-6,10,13H,7-8H2,1H3. The summed E-state index contributed by atoms with van der Waals surface area (Å²) in [7, 11) is 0. The maximum Gasteiger partial charge on any atom is 0.176 e. The molecular formula is C11H14N2. The van der Waals surface area contributed by atoms with E-state index >= 15 is 0 Å². The number of nitriles is 1. The molecule has 1 N–H and O–H groups in total. The monoisotopic (exact) mass is 174 g/mol. The van der Waals surface area contributed by atoms with Crippen molar-refractivity contribution in [2.45, 2.75) is 25.8 Å². The van der Waals surface area contributed by atoms with Gasteiger partial charge in [0.25, 0.3) is 0 Å². The summed E-state index contributed by atoms with van der Waals surface area (Å²) in [5.74, 6) is 0. The molecule has 1 aromatic carbocycles. The molecule has 0 bridgehead atoms. The van der Waals surface area contributed by atoms with Crippen molar-refractivity contribution in [2.24, 2.45) is 0 Å². The molecule has 1 rings (SSSR count). The quantitative estimate of drug-likeness (QED) is 0.560. The van der Waals surface area contributed by atoms with Crippen LogP contribution in [-0.2, 0) is 6.42 Å². The van der Waals surface area contributed by atoms with Gasteiger partial charge in [0.05, 0.1) is 0 Å². The summed E-state index contributed by atoms with van der Waals surface area (Å²) in [5, 5.41) is 11.1. The predicted molar refractivity (Wildman–Crippen MR) is 53.0 cm³/mol. The SMILES string of the molecule is CC(CCc1ccccc1)NC#N. The summed E-state index contributed by atoms with van der Waals surface area (Å²) in [6, 6.07) is 10.6. The van der Waals surface area contributed by atoms with E-state index in [0.717, 1.165) is 12.8 Å². The minimum absolute atomic E-state index is 0.269. The highest BCUT2D eigenvalue weighted by atomic mass is 14.9. The third kappa shape index (κ3) is 3.62. The Morgan fingerprint density at radius 2 is 2.08 bits per heavy atom. The Hall–Kier alpha value is -1.49. The van der Waals surface area contributed by atoms with Crippen LogP contribution in [0.4, 0.5) is 0 Å². The highest BCUT2D eigenvalue weighted by molar-refractivity contribution is 5.14. The first kappa shape index (κ1) is 9.60. The van der Waals surface area contributed by atoms with Gasteiger partial charge in [-0.2, -0.15) is 5.26 Å². The molecule has 2 heteroatoms. The van der Waals surface area contributed by atoms with Gasteiger partial charge < -0.3 is 5.32 Å². The van der Waals surface area contributed by atoms with Crippen LogP contribution in [0.3, 0.4) is 0 Å². The second-order valence-corrected chi connectivity index (χ2v) is 3.18. The van der Waals surface area contributed by atoms with E-state index in [2.05, 4.69) is 17.4 Å². The highest BCUT2D eigenvalue weighted by Gasteiger charge is 1.99. The van der Waals surface area contributed by atoms with Gasteiger partial charge >= 0.3 is 0 Å². The average molecular weight is 174 g/mol. The van der Waals surface area contributed by atoms with Crippen LogP contribution in [0.1, 0.15) is 18.9 Å². The maximum atomic E-state index is 8.37. The lowest BCUT2D eigenvalue weighted by atomic mass is 10.1. The van der Waals surface area contributed by atoms with Crippen LogP contribution in [0, 0.1) is 11.5 Å². The van der Waals surface area contributed by atoms with Gasteiger partial charge in [0, 0.05) is 6.04 Å². The number of aryl methyl sites for hydroxylation is 1. The lowest BCUT2D eigenvalue weighted by Gasteiger charge is -2.07. The Morgan fingerprint density at radius 1 is 1.38 bits per heavy atom. The Kier molecular flexibility index (Phi) is 3.84. The fourth-order valence-corrected chi connectivity index (χ4v) is 1.21. The zero-order valence-electron chi connectivity index (χ0n) is 7.83. The van der Waals surface area contributed by atoms with E-state index in [4.69, 9.17) is 5.26 Å². The number of hydrogen-bond acceptors (Lipinski definition) is 2. The van der Waals surface area contributed by atoms with Crippen molar-refractivity contribution < 1.29 is 0 Å². The van der Waals surface area contributed by atoms with E-state index in [9.17, 15) is 0 Å². The van der Waals surface area contributed by atoms with Gasteiger partial charge in [-0.1, -0.05) is 30.3 Å². The molecule has 0 spiro atoms. The fourth-order valence-electron chi connectivity index (χ4n) is 1.21. The first-order chi connectivity index (χ1) is 6.33. The molecule has 1 aromatic rings. The van der Waals surface area contributed by atoms with Crippen LogP contribution in [0.15, 0.2) is 30.3 Å². The summed E-state index contributed by atoms with van der Waals surface area (Å²) in [6.07, 6.45) is 3.98. The van der Waals surface area contributed by atoms with Gasteiger partial charge in [0.15, 0.2) is 6.19 Å². The molecule has 0 aliphatic carbocycles. The Bertz CT molecular complexity index is 274. The van der Waals surface area contributed by atoms with Crippen molar-refractivity contribution in [1.29, 1.82) is 5.26 Å². The molecule has 0 radical (unpaired) electrons. The van der Waals surface area contributed by atoms with Gasteiger partial charge in [0.1, 0.15) is 0 Å². The van der Waals surface area contributed by atoms with Gasteiger partial charge in [-0.25, -0.2) is 0 Å². The average Bonchev–Trinajstić information content (AvgIpc) is 2.17. The topological polar surface area (TPSA) is 35.8 Å². The van der Waals surface area contributed by atoms with Gasteiger partial charge in [-0.3, -0.25) is 0 Å². The third-order valence-electron chi connectivity index (χ3n) is 2.02. The van der Waals surface area contributed by atoms with Gasteiger partial charge in [0.2, 0.25) is 0 Å². The predicted octanol–water partition coefficient (Wildman–Crippen LogP) is 2.08. The molecule has 0 saturated heterocycles. The first-order valence-electron chi connectivity index (χ1n) is 4.51. The number of benzene rings is 1. The number of nitrogens with zero attached hydrogens (tertiary/aromatic N) is 1. The summed E-state index contributed by atoms with van der Waals surface area (Å²) in [6.45, 7) is 2.02. The van der Waals surface area contributed by atoms with Crippen molar-refractivity contribution in [3.05, 3.63) is 35.9 Å². The normalized spacial score (nSPS) is 11.7. The van der Waals surface area contributed by atoms with E-state index in [1.807, 2.05) is 31.3 Å². The molecule has 0 aliphatic rings. The second kappa shape index (κ2) is 5.21. The molecule has 13 heavy (non-hydrogen) atoms. The van der Waals surface area contributed by atoms with Crippen LogP contribution in [0.2, 0.25) is 0 Å². The minimum atomic E-state index is 0.269. The Morgan fingerprint density at radius 3 is 2.69 bits per heavy atom. The molecule has 0 aromatic heterocycles. The van der Waals surface area contributed by atoms with Crippen LogP contribution in [0.25, 0.3) is 0 Å². The zero-order chi connectivity index (χ0) is 9.52. The molecule has 2 nitrogen and oxygen atoms in total. The molecule has 1 unspecified atom stereocenters. The molecule has 0 fully saturated rings. The van der Waals surface area contributed by atoms with Crippen molar-refractivity contribution >= 4 is 0 Å².